The second kappa shape index (κ2) is 9.43. The number of aromatic nitrogens is 5. The van der Waals surface area contributed by atoms with Crippen molar-refractivity contribution in [3.8, 4) is 12.0 Å². The lowest BCUT2D eigenvalue weighted by molar-refractivity contribution is 0.102. The minimum atomic E-state index is -0.302. The molecule has 0 atom stereocenters. The maximum atomic E-state index is 12.3. The zero-order valence-electron chi connectivity index (χ0n) is 17.5. The molecule has 4 rings (SSSR count). The predicted molar refractivity (Wildman–Crippen MR) is 115 cm³/mol. The van der Waals surface area contributed by atoms with Crippen LogP contribution in [-0.4, -0.2) is 69.0 Å². The van der Waals surface area contributed by atoms with E-state index in [4.69, 9.17) is 4.74 Å². The molecule has 1 N–H and O–H groups in total. The highest BCUT2D eigenvalue weighted by molar-refractivity contribution is 6.03. The molecule has 0 radical (unpaired) electrons. The second-order valence-electron chi connectivity index (χ2n) is 7.15. The number of ether oxygens (including phenoxy) is 1. The molecule has 1 aliphatic rings. The van der Waals surface area contributed by atoms with Crippen molar-refractivity contribution in [3.05, 3.63) is 54.1 Å². The van der Waals surface area contributed by atoms with Crippen LogP contribution in [0.1, 0.15) is 23.1 Å². The summed E-state index contributed by atoms with van der Waals surface area (Å²) in [7, 11) is 2.10. The van der Waals surface area contributed by atoms with Gasteiger partial charge in [-0.05, 0) is 19.2 Å². The van der Waals surface area contributed by atoms with Crippen molar-refractivity contribution in [1.29, 1.82) is 0 Å². The lowest BCUT2D eigenvalue weighted by Gasteiger charge is -2.32. The molecule has 160 valence electrons. The molecule has 1 aromatic carbocycles. The van der Waals surface area contributed by atoms with Gasteiger partial charge < -0.3 is 19.9 Å². The van der Waals surface area contributed by atoms with E-state index in [0.717, 1.165) is 26.2 Å². The average Bonchev–Trinajstić information content (AvgIpc) is 2.80. The van der Waals surface area contributed by atoms with Gasteiger partial charge in [0.25, 0.3) is 5.91 Å². The Kier molecular flexibility index (Phi) is 6.27. The lowest BCUT2D eigenvalue weighted by atomic mass is 10.3. The Morgan fingerprint density at radius 3 is 2.39 bits per heavy atom. The van der Waals surface area contributed by atoms with Crippen LogP contribution in [0.2, 0.25) is 0 Å². The van der Waals surface area contributed by atoms with Crippen molar-refractivity contribution < 1.29 is 9.53 Å². The Balaban J connectivity index is 1.46. The van der Waals surface area contributed by atoms with Crippen molar-refractivity contribution >= 4 is 17.5 Å². The molecule has 2 aromatic heterocycles. The zero-order valence-corrected chi connectivity index (χ0v) is 17.5. The highest BCUT2D eigenvalue weighted by Gasteiger charge is 2.19. The van der Waals surface area contributed by atoms with Gasteiger partial charge in [-0.1, -0.05) is 25.1 Å². The number of carbonyl (C=O) groups excluding carboxylic acids is 1. The monoisotopic (exact) mass is 420 g/mol. The van der Waals surface area contributed by atoms with Crippen LogP contribution in [0.25, 0.3) is 0 Å². The van der Waals surface area contributed by atoms with Crippen LogP contribution in [0.5, 0.6) is 12.0 Å². The van der Waals surface area contributed by atoms with Crippen molar-refractivity contribution in [2.24, 2.45) is 0 Å². The molecule has 1 amide bonds. The molecule has 0 unspecified atom stereocenters. The summed E-state index contributed by atoms with van der Waals surface area (Å²) in [4.78, 5) is 38.3. The molecule has 3 heterocycles. The number of likely N-dealkylation sites (N-methyl/N-ethyl adjacent to an activating group) is 1. The number of carbonyl (C=O) groups is 1. The largest absolute Gasteiger partial charge is 0.388 e. The summed E-state index contributed by atoms with van der Waals surface area (Å²) < 4.78 is 5.67. The summed E-state index contributed by atoms with van der Waals surface area (Å²) in [6.45, 7) is 5.54. The molecular weight excluding hydrogens is 396 g/mol. The summed E-state index contributed by atoms with van der Waals surface area (Å²) in [6.07, 6.45) is 3.47. The minimum Gasteiger partial charge on any atom is -0.388 e. The zero-order chi connectivity index (χ0) is 21.6. The molecule has 0 spiro atoms. The van der Waals surface area contributed by atoms with E-state index < -0.39 is 0 Å². The maximum absolute atomic E-state index is 12.3. The van der Waals surface area contributed by atoms with E-state index >= 15 is 0 Å². The molecule has 10 heteroatoms. The fourth-order valence-corrected chi connectivity index (χ4v) is 3.03. The van der Waals surface area contributed by atoms with Crippen LogP contribution < -0.4 is 15.0 Å². The van der Waals surface area contributed by atoms with Crippen molar-refractivity contribution in [3.63, 3.8) is 0 Å². The van der Waals surface area contributed by atoms with E-state index in [9.17, 15) is 4.79 Å². The van der Waals surface area contributed by atoms with Crippen LogP contribution in [-0.2, 0) is 6.42 Å². The Hall–Kier alpha value is -3.66. The van der Waals surface area contributed by atoms with E-state index in [0.29, 0.717) is 29.4 Å². The first-order valence-corrected chi connectivity index (χ1v) is 10.2. The van der Waals surface area contributed by atoms with Gasteiger partial charge >= 0.3 is 12.0 Å². The Labute approximate surface area is 180 Å². The predicted octanol–water partition coefficient (Wildman–Crippen LogP) is 2.02. The molecule has 0 aliphatic carbocycles. The van der Waals surface area contributed by atoms with Crippen LogP contribution in [0.3, 0.4) is 0 Å². The third-order valence-corrected chi connectivity index (χ3v) is 4.86. The highest BCUT2D eigenvalue weighted by atomic mass is 16.5. The number of nitrogens with one attached hydrogen (secondary N) is 1. The Morgan fingerprint density at radius 2 is 1.71 bits per heavy atom. The molecule has 0 saturated carbocycles. The van der Waals surface area contributed by atoms with Gasteiger partial charge in [-0.15, -0.1) is 0 Å². The smallest absolute Gasteiger partial charge is 0.329 e. The van der Waals surface area contributed by atoms with E-state index in [1.54, 1.807) is 12.1 Å². The number of aryl methyl sites for hydroxylation is 1. The summed E-state index contributed by atoms with van der Waals surface area (Å²) in [5.41, 5.74) is 1.01. The first kappa shape index (κ1) is 20.6. The van der Waals surface area contributed by atoms with Gasteiger partial charge in [0.2, 0.25) is 5.95 Å². The normalized spacial score (nSPS) is 14.3. The summed E-state index contributed by atoms with van der Waals surface area (Å²) in [5.74, 6) is 0.926. The summed E-state index contributed by atoms with van der Waals surface area (Å²) in [5, 5.41) is 2.79. The minimum absolute atomic E-state index is 0.0637. The first-order chi connectivity index (χ1) is 15.1. The Bertz CT molecular complexity index is 1020. The number of piperazine rings is 1. The fourth-order valence-electron chi connectivity index (χ4n) is 3.03. The van der Waals surface area contributed by atoms with E-state index in [2.05, 4.69) is 47.1 Å². The van der Waals surface area contributed by atoms with E-state index in [1.807, 2.05) is 25.1 Å². The van der Waals surface area contributed by atoms with Gasteiger partial charge in [-0.3, -0.25) is 4.79 Å². The average molecular weight is 420 g/mol. The van der Waals surface area contributed by atoms with Gasteiger partial charge in [0, 0.05) is 50.7 Å². The number of benzene rings is 1. The third kappa shape index (κ3) is 5.28. The van der Waals surface area contributed by atoms with Gasteiger partial charge in [0.1, 0.15) is 5.82 Å². The number of amides is 1. The lowest BCUT2D eigenvalue weighted by Crippen LogP contribution is -2.45. The van der Waals surface area contributed by atoms with Gasteiger partial charge in [0.15, 0.2) is 0 Å². The third-order valence-electron chi connectivity index (χ3n) is 4.86. The molecule has 0 bridgehead atoms. The number of rotatable bonds is 6. The second-order valence-corrected chi connectivity index (χ2v) is 7.15. The SMILES string of the molecule is CCc1nc(Oc2ncc(C(=O)Nc3ccccc3)cn2)nc(N2CCN(C)CC2)n1. The number of anilines is 2. The molecule has 1 aliphatic heterocycles. The molecular formula is C21H24N8O2. The Morgan fingerprint density at radius 1 is 1.00 bits per heavy atom. The number of para-hydroxylation sites is 1. The molecule has 31 heavy (non-hydrogen) atoms. The fraction of sp³-hybridized carbons (Fsp3) is 0.333. The topological polar surface area (TPSA) is 109 Å². The highest BCUT2D eigenvalue weighted by Crippen LogP contribution is 2.18. The van der Waals surface area contributed by atoms with Crippen LogP contribution in [0.15, 0.2) is 42.7 Å². The van der Waals surface area contributed by atoms with Crippen molar-refractivity contribution in [1.82, 2.24) is 29.8 Å². The van der Waals surface area contributed by atoms with Gasteiger partial charge in [-0.2, -0.15) is 15.0 Å². The number of nitrogens with zero attached hydrogens (tertiary/aromatic N) is 7. The van der Waals surface area contributed by atoms with E-state index in [-0.39, 0.29) is 17.9 Å². The quantitative estimate of drug-likeness (QED) is 0.640. The molecule has 1 saturated heterocycles. The molecule has 3 aromatic rings. The van der Waals surface area contributed by atoms with Crippen LogP contribution in [0, 0.1) is 0 Å². The van der Waals surface area contributed by atoms with Crippen molar-refractivity contribution in [2.45, 2.75) is 13.3 Å². The number of hydrogen-bond acceptors (Lipinski definition) is 9. The first-order valence-electron chi connectivity index (χ1n) is 10.2. The molecule has 1 fully saturated rings. The van der Waals surface area contributed by atoms with Crippen molar-refractivity contribution in [2.75, 3.05) is 43.4 Å². The summed E-state index contributed by atoms with van der Waals surface area (Å²) >= 11 is 0. The van der Waals surface area contributed by atoms with Crippen LogP contribution >= 0.6 is 0 Å². The standard InChI is InChI=1S/C21H24N8O2/c1-3-17-25-19(29-11-9-28(2)10-12-29)27-21(26-17)31-20-22-13-15(14-23-20)18(30)24-16-7-5-4-6-8-16/h4-8,13-14H,3,9-12H2,1-2H3,(H,24,30). The van der Waals surface area contributed by atoms with E-state index in [1.165, 1.54) is 12.4 Å². The number of hydrogen-bond donors (Lipinski definition) is 1. The molecule has 10 nitrogen and oxygen atoms in total. The van der Waals surface area contributed by atoms with Gasteiger partial charge in [0.05, 0.1) is 5.56 Å². The van der Waals surface area contributed by atoms with Gasteiger partial charge in [-0.25, -0.2) is 9.97 Å². The van der Waals surface area contributed by atoms with Crippen LogP contribution in [0.4, 0.5) is 11.6 Å². The maximum Gasteiger partial charge on any atom is 0.329 e. The summed E-state index contributed by atoms with van der Waals surface area (Å²) in [6, 6.07) is 9.39.